The molecule has 0 bridgehead atoms. The predicted molar refractivity (Wildman–Crippen MR) is 150 cm³/mol. The van der Waals surface area contributed by atoms with Crippen LogP contribution >= 0.6 is 15.9 Å². The minimum atomic E-state index is -3.93. The van der Waals surface area contributed by atoms with E-state index in [1.54, 1.807) is 29.2 Å². The number of amides is 1. The van der Waals surface area contributed by atoms with E-state index in [-0.39, 0.29) is 23.9 Å². The van der Waals surface area contributed by atoms with Crippen molar-refractivity contribution in [1.82, 2.24) is 9.21 Å². The highest BCUT2D eigenvalue weighted by Gasteiger charge is 2.29. The standard InChI is InChI=1S/C30H29BrN2O3S/c1-24-12-18-29(19-13-24)37(35,36)33(22-27-14-16-28(31)17-15-27)23-30(34)32(20-25-8-4-2-5-9-25)21-26-10-6-3-7-11-26/h2-19H,20-23H2,1H3. The van der Waals surface area contributed by atoms with Gasteiger partial charge in [0.1, 0.15) is 0 Å². The minimum Gasteiger partial charge on any atom is -0.333 e. The van der Waals surface area contributed by atoms with Gasteiger partial charge >= 0.3 is 0 Å². The molecule has 0 aromatic heterocycles. The van der Waals surface area contributed by atoms with Gasteiger partial charge in [-0.15, -0.1) is 0 Å². The topological polar surface area (TPSA) is 57.7 Å². The molecule has 7 heteroatoms. The van der Waals surface area contributed by atoms with Crippen LogP contribution in [-0.2, 0) is 34.5 Å². The fourth-order valence-corrected chi connectivity index (χ4v) is 5.61. The molecule has 0 aliphatic carbocycles. The Morgan fingerprint density at radius 3 is 1.68 bits per heavy atom. The van der Waals surface area contributed by atoms with Crippen molar-refractivity contribution in [3.8, 4) is 0 Å². The van der Waals surface area contributed by atoms with Crippen LogP contribution in [0.3, 0.4) is 0 Å². The van der Waals surface area contributed by atoms with Crippen molar-refractivity contribution in [2.45, 2.75) is 31.5 Å². The summed E-state index contributed by atoms with van der Waals surface area (Å²) in [5.74, 6) is -0.263. The van der Waals surface area contributed by atoms with Crippen LogP contribution < -0.4 is 0 Å². The van der Waals surface area contributed by atoms with Crippen LogP contribution in [0.15, 0.2) is 119 Å². The van der Waals surface area contributed by atoms with E-state index in [0.29, 0.717) is 13.1 Å². The van der Waals surface area contributed by atoms with Crippen LogP contribution in [0.5, 0.6) is 0 Å². The zero-order chi connectivity index (χ0) is 26.3. The molecule has 4 rings (SSSR count). The SMILES string of the molecule is Cc1ccc(S(=O)(=O)N(CC(=O)N(Cc2ccccc2)Cc2ccccc2)Cc2ccc(Br)cc2)cc1. The highest BCUT2D eigenvalue weighted by Crippen LogP contribution is 2.21. The summed E-state index contributed by atoms with van der Waals surface area (Å²) in [6, 6.07) is 33.6. The quantitative estimate of drug-likeness (QED) is 0.226. The summed E-state index contributed by atoms with van der Waals surface area (Å²) in [6.45, 7) is 2.48. The van der Waals surface area contributed by atoms with Crippen molar-refractivity contribution >= 4 is 31.9 Å². The number of sulfonamides is 1. The molecule has 0 atom stereocenters. The first kappa shape index (κ1) is 26.8. The van der Waals surface area contributed by atoms with Gasteiger partial charge in [-0.1, -0.05) is 106 Å². The number of rotatable bonds is 10. The van der Waals surface area contributed by atoms with Crippen molar-refractivity contribution in [3.63, 3.8) is 0 Å². The maximum Gasteiger partial charge on any atom is 0.243 e. The molecule has 0 saturated heterocycles. The Labute approximate surface area is 227 Å². The van der Waals surface area contributed by atoms with Crippen LogP contribution in [0.1, 0.15) is 22.3 Å². The molecule has 190 valence electrons. The molecule has 4 aromatic carbocycles. The number of carbonyl (C=O) groups excluding carboxylic acids is 1. The second-order valence-corrected chi connectivity index (χ2v) is 11.8. The molecular weight excluding hydrogens is 548 g/mol. The number of aryl methyl sites for hydroxylation is 1. The van der Waals surface area contributed by atoms with Gasteiger partial charge in [0.25, 0.3) is 0 Å². The Kier molecular flexibility index (Phi) is 8.92. The van der Waals surface area contributed by atoms with Gasteiger partial charge < -0.3 is 4.90 Å². The largest absolute Gasteiger partial charge is 0.333 e. The van der Waals surface area contributed by atoms with Gasteiger partial charge in [-0.25, -0.2) is 8.42 Å². The van der Waals surface area contributed by atoms with Crippen LogP contribution in [0.2, 0.25) is 0 Å². The first-order valence-corrected chi connectivity index (χ1v) is 14.2. The Morgan fingerprint density at radius 2 is 1.16 bits per heavy atom. The summed E-state index contributed by atoms with van der Waals surface area (Å²) in [5.41, 5.74) is 3.72. The summed E-state index contributed by atoms with van der Waals surface area (Å²) >= 11 is 3.42. The maximum absolute atomic E-state index is 13.8. The number of hydrogen-bond donors (Lipinski definition) is 0. The Morgan fingerprint density at radius 1 is 0.676 bits per heavy atom. The van der Waals surface area contributed by atoms with Gasteiger partial charge in [-0.2, -0.15) is 4.31 Å². The van der Waals surface area contributed by atoms with Crippen molar-refractivity contribution < 1.29 is 13.2 Å². The molecular formula is C30H29BrN2O3S. The second kappa shape index (κ2) is 12.3. The number of nitrogens with zero attached hydrogens (tertiary/aromatic N) is 2. The monoisotopic (exact) mass is 576 g/mol. The van der Waals surface area contributed by atoms with Crippen LogP contribution in [0.25, 0.3) is 0 Å². The van der Waals surface area contributed by atoms with E-state index in [1.165, 1.54) is 4.31 Å². The lowest BCUT2D eigenvalue weighted by molar-refractivity contribution is -0.132. The third kappa shape index (κ3) is 7.38. The molecule has 0 spiro atoms. The van der Waals surface area contributed by atoms with Crippen LogP contribution in [0, 0.1) is 6.92 Å². The van der Waals surface area contributed by atoms with E-state index >= 15 is 0 Å². The lowest BCUT2D eigenvalue weighted by atomic mass is 10.1. The van der Waals surface area contributed by atoms with Gasteiger partial charge in [-0.05, 0) is 47.9 Å². The molecule has 0 saturated carbocycles. The zero-order valence-electron chi connectivity index (χ0n) is 20.6. The predicted octanol–water partition coefficient (Wildman–Crippen LogP) is 6.18. The summed E-state index contributed by atoms with van der Waals surface area (Å²) < 4.78 is 29.6. The molecule has 0 unspecified atom stereocenters. The number of hydrogen-bond acceptors (Lipinski definition) is 3. The second-order valence-electron chi connectivity index (χ2n) is 8.93. The van der Waals surface area contributed by atoms with E-state index in [2.05, 4.69) is 15.9 Å². The molecule has 1 amide bonds. The molecule has 0 radical (unpaired) electrons. The van der Waals surface area contributed by atoms with E-state index < -0.39 is 10.0 Å². The van der Waals surface area contributed by atoms with Crippen molar-refractivity contribution in [3.05, 3.63) is 136 Å². The zero-order valence-corrected chi connectivity index (χ0v) is 23.0. The number of halogens is 1. The third-order valence-electron chi connectivity index (χ3n) is 6.03. The summed E-state index contributed by atoms with van der Waals surface area (Å²) in [6.07, 6.45) is 0. The molecule has 0 heterocycles. The van der Waals surface area contributed by atoms with Crippen LogP contribution in [0.4, 0.5) is 0 Å². The number of carbonyl (C=O) groups is 1. The molecule has 0 fully saturated rings. The van der Waals surface area contributed by atoms with Gasteiger partial charge in [-0.3, -0.25) is 4.79 Å². The molecule has 0 N–H and O–H groups in total. The first-order valence-electron chi connectivity index (χ1n) is 12.0. The van der Waals surface area contributed by atoms with Gasteiger partial charge in [0.15, 0.2) is 0 Å². The summed E-state index contributed by atoms with van der Waals surface area (Å²) in [7, 11) is -3.93. The third-order valence-corrected chi connectivity index (χ3v) is 8.36. The van der Waals surface area contributed by atoms with E-state index in [4.69, 9.17) is 0 Å². The average molecular weight is 578 g/mol. The van der Waals surface area contributed by atoms with E-state index in [0.717, 1.165) is 26.7 Å². The Hall–Kier alpha value is -3.26. The van der Waals surface area contributed by atoms with Crippen LogP contribution in [-0.4, -0.2) is 30.1 Å². The van der Waals surface area contributed by atoms with Gasteiger partial charge in [0.2, 0.25) is 15.9 Å². The lowest BCUT2D eigenvalue weighted by Gasteiger charge is -2.28. The molecule has 5 nitrogen and oxygen atoms in total. The highest BCUT2D eigenvalue weighted by atomic mass is 79.9. The fourth-order valence-electron chi connectivity index (χ4n) is 3.97. The molecule has 0 aliphatic heterocycles. The Bertz CT molecular complexity index is 1370. The minimum absolute atomic E-state index is 0.0831. The average Bonchev–Trinajstić information content (AvgIpc) is 2.90. The fraction of sp³-hybridized carbons (Fsp3) is 0.167. The van der Waals surface area contributed by atoms with Crippen molar-refractivity contribution in [2.75, 3.05) is 6.54 Å². The normalized spacial score (nSPS) is 11.4. The Balaban J connectivity index is 1.65. The first-order chi connectivity index (χ1) is 17.8. The highest BCUT2D eigenvalue weighted by molar-refractivity contribution is 9.10. The molecule has 4 aromatic rings. The number of benzene rings is 4. The molecule has 37 heavy (non-hydrogen) atoms. The summed E-state index contributed by atoms with van der Waals surface area (Å²) in [4.78, 5) is 15.6. The lowest BCUT2D eigenvalue weighted by Crippen LogP contribution is -2.42. The van der Waals surface area contributed by atoms with Crippen molar-refractivity contribution in [1.29, 1.82) is 0 Å². The van der Waals surface area contributed by atoms with E-state index in [9.17, 15) is 13.2 Å². The maximum atomic E-state index is 13.8. The smallest absolute Gasteiger partial charge is 0.243 e. The van der Waals surface area contributed by atoms with E-state index in [1.807, 2.05) is 91.9 Å². The van der Waals surface area contributed by atoms with Crippen molar-refractivity contribution in [2.24, 2.45) is 0 Å². The molecule has 0 aliphatic rings. The summed E-state index contributed by atoms with van der Waals surface area (Å²) in [5, 5.41) is 0. The van der Waals surface area contributed by atoms with Gasteiger partial charge in [0.05, 0.1) is 11.4 Å². The van der Waals surface area contributed by atoms with Gasteiger partial charge in [0, 0.05) is 24.1 Å².